The summed E-state index contributed by atoms with van der Waals surface area (Å²) in [5, 5.41) is 3.44. The van der Waals surface area contributed by atoms with E-state index in [0.29, 0.717) is 22.3 Å². The predicted molar refractivity (Wildman–Crippen MR) is 102 cm³/mol. The van der Waals surface area contributed by atoms with Crippen molar-refractivity contribution in [3.8, 4) is 5.75 Å². The van der Waals surface area contributed by atoms with Crippen molar-refractivity contribution in [1.29, 1.82) is 0 Å². The average molecular weight is 424 g/mol. The monoisotopic (exact) mass is 423 g/mol. The summed E-state index contributed by atoms with van der Waals surface area (Å²) < 4.78 is 7.82. The van der Waals surface area contributed by atoms with Crippen LogP contribution in [0.15, 0.2) is 32.6 Å². The van der Waals surface area contributed by atoms with Gasteiger partial charge in [-0.25, -0.2) is 0 Å². The van der Waals surface area contributed by atoms with E-state index in [9.17, 15) is 9.59 Å². The van der Waals surface area contributed by atoms with Gasteiger partial charge in [0.15, 0.2) is 5.16 Å². The molecule has 0 unspecified atom stereocenters. The van der Waals surface area contributed by atoms with Gasteiger partial charge in [-0.3, -0.25) is 9.59 Å². The second-order valence-electron chi connectivity index (χ2n) is 5.65. The van der Waals surface area contributed by atoms with E-state index < -0.39 is 0 Å². The van der Waals surface area contributed by atoms with E-state index in [1.54, 1.807) is 11.7 Å². The van der Waals surface area contributed by atoms with Crippen molar-refractivity contribution in [3.63, 3.8) is 0 Å². The number of aromatic nitrogens is 2. The molecule has 1 atom stereocenters. The number of methoxy groups -OCH3 is 1. The summed E-state index contributed by atoms with van der Waals surface area (Å²) in [6, 6.07) is 5.59. The zero-order valence-electron chi connectivity index (χ0n) is 14.1. The summed E-state index contributed by atoms with van der Waals surface area (Å²) in [7, 11) is 3.41. The summed E-state index contributed by atoms with van der Waals surface area (Å²) in [6.45, 7) is 1.99. The highest BCUT2D eigenvalue weighted by molar-refractivity contribution is 9.10. The van der Waals surface area contributed by atoms with Crippen LogP contribution in [0.1, 0.15) is 30.4 Å². The summed E-state index contributed by atoms with van der Waals surface area (Å²) in [5.74, 6) is 1.58. The molecule has 1 aromatic carbocycles. The van der Waals surface area contributed by atoms with Gasteiger partial charge in [-0.1, -0.05) is 24.8 Å². The van der Waals surface area contributed by atoms with Gasteiger partial charge in [-0.15, -0.1) is 0 Å². The number of hydrogen-bond donors (Lipinski definition) is 1. The summed E-state index contributed by atoms with van der Waals surface area (Å²) in [5.41, 5.74) is 1.11. The number of halogens is 1. The highest BCUT2D eigenvalue weighted by Gasteiger charge is 2.32. The molecule has 1 N–H and O–H groups in total. The van der Waals surface area contributed by atoms with Crippen molar-refractivity contribution in [1.82, 2.24) is 9.55 Å². The Morgan fingerprint density at radius 2 is 2.20 bits per heavy atom. The maximum atomic E-state index is 12.7. The molecule has 0 saturated carbocycles. The third-order valence-corrected chi connectivity index (χ3v) is 5.68. The van der Waals surface area contributed by atoms with Crippen molar-refractivity contribution >= 4 is 39.4 Å². The minimum absolute atomic E-state index is 0.113. The minimum Gasteiger partial charge on any atom is -0.496 e. The fourth-order valence-electron chi connectivity index (χ4n) is 2.98. The molecule has 1 aromatic heterocycles. The second-order valence-corrected chi connectivity index (χ2v) is 7.74. The quantitative estimate of drug-likeness (QED) is 0.603. The molecule has 2 heterocycles. The van der Waals surface area contributed by atoms with Crippen LogP contribution in [-0.4, -0.2) is 28.3 Å². The topological polar surface area (TPSA) is 73.2 Å². The lowest BCUT2D eigenvalue weighted by molar-refractivity contribution is -0.116. The largest absolute Gasteiger partial charge is 0.496 e. The van der Waals surface area contributed by atoms with Gasteiger partial charge in [0.05, 0.1) is 17.1 Å². The van der Waals surface area contributed by atoms with E-state index in [1.165, 1.54) is 11.8 Å². The van der Waals surface area contributed by atoms with E-state index >= 15 is 0 Å². The molecule has 8 heteroatoms. The number of hydrogen-bond acceptors (Lipinski definition) is 5. The van der Waals surface area contributed by atoms with Crippen LogP contribution in [0.25, 0.3) is 0 Å². The third-order valence-electron chi connectivity index (χ3n) is 4.15. The summed E-state index contributed by atoms with van der Waals surface area (Å²) in [4.78, 5) is 29.2. The zero-order chi connectivity index (χ0) is 18.1. The highest BCUT2D eigenvalue weighted by atomic mass is 79.9. The van der Waals surface area contributed by atoms with Gasteiger partial charge < -0.3 is 14.6 Å². The maximum absolute atomic E-state index is 12.7. The number of nitrogens with one attached hydrogen (secondary N) is 1. The molecule has 0 fully saturated rings. The maximum Gasteiger partial charge on any atom is 0.279 e. The van der Waals surface area contributed by atoms with E-state index in [4.69, 9.17) is 4.74 Å². The SMILES string of the molecule is CCSc1nc(=O)c2c(n1C)NC(=O)C[C@H]2c1ccc(OC)c(Br)c1. The molecule has 132 valence electrons. The summed E-state index contributed by atoms with van der Waals surface area (Å²) in [6.07, 6.45) is 0.211. The van der Waals surface area contributed by atoms with Crippen LogP contribution in [0.2, 0.25) is 0 Å². The van der Waals surface area contributed by atoms with Crippen LogP contribution in [-0.2, 0) is 11.8 Å². The number of anilines is 1. The molecule has 2 aromatic rings. The number of carbonyl (C=O) groups is 1. The Hall–Kier alpha value is -1.80. The van der Waals surface area contributed by atoms with Gasteiger partial charge in [-0.05, 0) is 39.4 Å². The molecule has 25 heavy (non-hydrogen) atoms. The first-order valence-corrected chi connectivity index (χ1v) is 9.61. The first-order chi connectivity index (χ1) is 12.0. The normalized spacial score (nSPS) is 16.3. The van der Waals surface area contributed by atoms with Gasteiger partial charge >= 0.3 is 0 Å². The lowest BCUT2D eigenvalue weighted by atomic mass is 9.87. The third kappa shape index (κ3) is 3.32. The Morgan fingerprint density at radius 1 is 1.44 bits per heavy atom. The van der Waals surface area contributed by atoms with Crippen molar-refractivity contribution in [2.24, 2.45) is 7.05 Å². The molecule has 3 rings (SSSR count). The molecular formula is C17H18BrN3O3S. The van der Waals surface area contributed by atoms with Crippen molar-refractivity contribution in [2.45, 2.75) is 24.4 Å². The Kier molecular flexibility index (Phi) is 5.19. The van der Waals surface area contributed by atoms with Crippen LogP contribution < -0.4 is 15.6 Å². The van der Waals surface area contributed by atoms with Crippen molar-refractivity contribution < 1.29 is 9.53 Å². The molecule has 1 aliphatic heterocycles. The number of fused-ring (bicyclic) bond motifs is 1. The molecule has 6 nitrogen and oxygen atoms in total. The smallest absolute Gasteiger partial charge is 0.279 e. The molecule has 0 bridgehead atoms. The van der Waals surface area contributed by atoms with Crippen LogP contribution >= 0.6 is 27.7 Å². The Labute approximate surface area is 158 Å². The number of rotatable bonds is 4. The van der Waals surface area contributed by atoms with E-state index in [1.807, 2.05) is 32.2 Å². The lowest BCUT2D eigenvalue weighted by Gasteiger charge is -2.27. The number of ether oxygens (including phenoxy) is 1. The van der Waals surface area contributed by atoms with Crippen molar-refractivity contribution in [3.05, 3.63) is 44.2 Å². The van der Waals surface area contributed by atoms with Crippen LogP contribution in [0.3, 0.4) is 0 Å². The number of amides is 1. The molecular weight excluding hydrogens is 406 g/mol. The Morgan fingerprint density at radius 3 is 2.84 bits per heavy atom. The highest BCUT2D eigenvalue weighted by Crippen LogP contribution is 2.38. The first kappa shape index (κ1) is 18.0. The molecule has 1 aliphatic rings. The predicted octanol–water partition coefficient (Wildman–Crippen LogP) is 3.14. The minimum atomic E-state index is -0.335. The van der Waals surface area contributed by atoms with E-state index in [-0.39, 0.29) is 23.8 Å². The van der Waals surface area contributed by atoms with Crippen molar-refractivity contribution in [2.75, 3.05) is 18.2 Å². The first-order valence-electron chi connectivity index (χ1n) is 7.83. The molecule has 0 saturated heterocycles. The Balaban J connectivity index is 2.16. The van der Waals surface area contributed by atoms with Gasteiger partial charge in [0, 0.05) is 19.4 Å². The molecule has 1 amide bonds. The molecule has 0 spiro atoms. The average Bonchev–Trinajstić information content (AvgIpc) is 2.58. The standard InChI is InChI=1S/C17H18BrN3O3S/c1-4-25-17-20-16(23)14-10(8-13(22)19-15(14)21(17)2)9-5-6-12(24-3)11(18)7-9/h5-7,10H,4,8H2,1-3H3,(H,19,22)/t10-/m0/s1. The number of nitrogens with zero attached hydrogens (tertiary/aromatic N) is 2. The Bertz CT molecular complexity index is 897. The number of carbonyl (C=O) groups excluding carboxylic acids is 1. The molecule has 0 aliphatic carbocycles. The number of benzene rings is 1. The fourth-order valence-corrected chi connectivity index (χ4v) is 4.23. The van der Waals surface area contributed by atoms with Gasteiger partial charge in [0.2, 0.25) is 5.91 Å². The summed E-state index contributed by atoms with van der Waals surface area (Å²) >= 11 is 4.94. The van der Waals surface area contributed by atoms with Crippen LogP contribution in [0.4, 0.5) is 5.82 Å². The van der Waals surface area contributed by atoms with Crippen LogP contribution in [0, 0.1) is 0 Å². The van der Waals surface area contributed by atoms with Crippen LogP contribution in [0.5, 0.6) is 5.75 Å². The zero-order valence-corrected chi connectivity index (χ0v) is 16.5. The second kappa shape index (κ2) is 7.21. The number of thioether (sulfide) groups is 1. The van der Waals surface area contributed by atoms with E-state index in [0.717, 1.165) is 15.8 Å². The van der Waals surface area contributed by atoms with Gasteiger partial charge in [0.25, 0.3) is 5.56 Å². The molecule has 0 radical (unpaired) electrons. The fraction of sp³-hybridized carbons (Fsp3) is 0.353. The van der Waals surface area contributed by atoms with Gasteiger partial charge in [0.1, 0.15) is 11.6 Å². The lowest BCUT2D eigenvalue weighted by Crippen LogP contribution is -2.33. The van der Waals surface area contributed by atoms with Gasteiger partial charge in [-0.2, -0.15) is 4.98 Å². The van der Waals surface area contributed by atoms with E-state index in [2.05, 4.69) is 26.2 Å².